The van der Waals surface area contributed by atoms with Gasteiger partial charge in [0.15, 0.2) is 0 Å². The van der Waals surface area contributed by atoms with Gasteiger partial charge in [0.2, 0.25) is 9.03 Å². The summed E-state index contributed by atoms with van der Waals surface area (Å²) in [5, 5.41) is 0. The molecular weight excluding hydrogens is 327 g/mol. The Kier molecular flexibility index (Phi) is 14.1. The highest BCUT2D eigenvalue weighted by Gasteiger charge is 2.09. The first-order valence-corrected chi connectivity index (χ1v) is 11.4. The lowest BCUT2D eigenvalue weighted by Crippen LogP contribution is -1.98. The molecule has 1 aromatic carbocycles. The molecule has 0 heterocycles. The van der Waals surface area contributed by atoms with Gasteiger partial charge in [-0.2, -0.15) is 0 Å². The lowest BCUT2D eigenvalue weighted by atomic mass is 9.95. The second-order valence-electron chi connectivity index (χ2n) is 7.12. The summed E-state index contributed by atoms with van der Waals surface area (Å²) in [6.07, 6.45) is 18.1. The van der Waals surface area contributed by atoms with E-state index in [0.29, 0.717) is 0 Å². The van der Waals surface area contributed by atoms with Crippen molar-refractivity contribution < 1.29 is 9.42 Å². The van der Waals surface area contributed by atoms with E-state index in [-0.39, 0.29) is 0 Å². The first kappa shape index (κ1) is 22.5. The average Bonchev–Trinajstić information content (AvgIpc) is 2.62. The molecule has 0 radical (unpaired) electrons. The maximum absolute atomic E-state index is 9.21. The molecule has 0 spiro atoms. The Morgan fingerprint density at radius 1 is 0.760 bits per heavy atom. The maximum Gasteiger partial charge on any atom is 0.212 e. The predicted molar refractivity (Wildman–Crippen MR) is 112 cm³/mol. The molecule has 0 amide bonds. The van der Waals surface area contributed by atoms with Crippen LogP contribution in [0.5, 0.6) is 5.75 Å². The minimum atomic E-state index is -0.465. The molecule has 3 heteroatoms. The van der Waals surface area contributed by atoms with Crippen LogP contribution in [-0.4, -0.2) is 4.89 Å². The van der Waals surface area contributed by atoms with Crippen molar-refractivity contribution in [1.82, 2.24) is 0 Å². The van der Waals surface area contributed by atoms with Crippen LogP contribution in [0.4, 0.5) is 0 Å². The van der Waals surface area contributed by atoms with Gasteiger partial charge in [-0.15, -0.1) is 0 Å². The van der Waals surface area contributed by atoms with Gasteiger partial charge in [-0.05, 0) is 42.9 Å². The quantitative estimate of drug-likeness (QED) is 0.244. The smallest absolute Gasteiger partial charge is 0.212 e. The molecule has 0 aliphatic rings. The van der Waals surface area contributed by atoms with Gasteiger partial charge in [0.25, 0.3) is 0 Å². The number of hydrogen-bond donors (Lipinski definition) is 1. The monoisotopic (exact) mass is 366 g/mol. The van der Waals surface area contributed by atoms with Crippen molar-refractivity contribution in [1.29, 1.82) is 0 Å². The molecule has 1 rings (SSSR count). The third-order valence-corrected chi connectivity index (χ3v) is 5.28. The van der Waals surface area contributed by atoms with E-state index in [1.54, 1.807) is 0 Å². The van der Waals surface area contributed by atoms with Gasteiger partial charge >= 0.3 is 0 Å². The van der Waals surface area contributed by atoms with Crippen molar-refractivity contribution in [2.45, 2.75) is 104 Å². The molecule has 2 nitrogen and oxygen atoms in total. The summed E-state index contributed by atoms with van der Waals surface area (Å²) in [6.45, 7) is 4.53. The molecule has 0 saturated heterocycles. The minimum absolute atomic E-state index is 0.465. The largest absolute Gasteiger partial charge is 0.450 e. The van der Waals surface area contributed by atoms with E-state index < -0.39 is 9.03 Å². The summed E-state index contributed by atoms with van der Waals surface area (Å²) in [5.41, 5.74) is 2.77. The average molecular weight is 367 g/mol. The van der Waals surface area contributed by atoms with E-state index >= 15 is 0 Å². The maximum atomic E-state index is 9.21. The Morgan fingerprint density at radius 3 is 1.92 bits per heavy atom. The molecule has 1 atom stereocenters. The zero-order valence-corrected chi connectivity index (χ0v) is 17.5. The highest BCUT2D eigenvalue weighted by molar-refractivity contribution is 7.25. The zero-order valence-electron chi connectivity index (χ0n) is 16.5. The molecule has 0 aliphatic carbocycles. The molecule has 0 bridgehead atoms. The fourth-order valence-corrected chi connectivity index (χ4v) is 3.74. The van der Waals surface area contributed by atoms with Gasteiger partial charge < -0.3 is 9.42 Å². The lowest BCUT2D eigenvalue weighted by molar-refractivity contribution is 0.506. The Bertz CT molecular complexity index is 434. The summed E-state index contributed by atoms with van der Waals surface area (Å²) < 4.78 is 5.52. The lowest BCUT2D eigenvalue weighted by Gasteiger charge is -2.14. The van der Waals surface area contributed by atoms with Crippen LogP contribution in [0, 0.1) is 0 Å². The zero-order chi connectivity index (χ0) is 18.2. The number of aryl methyl sites for hydroxylation is 1. The molecule has 1 aromatic rings. The molecule has 1 N–H and O–H groups in total. The Labute approximate surface area is 157 Å². The van der Waals surface area contributed by atoms with Crippen LogP contribution in [0.25, 0.3) is 0 Å². The topological polar surface area (TPSA) is 29.5 Å². The predicted octanol–water partition coefficient (Wildman–Crippen LogP) is 7.37. The molecule has 0 aromatic heterocycles. The van der Waals surface area contributed by atoms with Crippen LogP contribution < -0.4 is 4.52 Å². The highest BCUT2D eigenvalue weighted by atomic mass is 31.1. The fourth-order valence-electron chi connectivity index (χ4n) is 3.45. The molecular formula is C22H39O2P. The van der Waals surface area contributed by atoms with Crippen LogP contribution in [-0.2, 0) is 12.8 Å². The normalized spacial score (nSPS) is 11.5. The third kappa shape index (κ3) is 10.2. The number of benzene rings is 1. The van der Waals surface area contributed by atoms with Crippen LogP contribution in [0.15, 0.2) is 18.2 Å². The summed E-state index contributed by atoms with van der Waals surface area (Å²) in [6, 6.07) is 6.35. The van der Waals surface area contributed by atoms with E-state index in [0.717, 1.165) is 18.6 Å². The van der Waals surface area contributed by atoms with Crippen molar-refractivity contribution in [3.63, 3.8) is 0 Å². The first-order chi connectivity index (χ1) is 12.3. The van der Waals surface area contributed by atoms with E-state index in [1.807, 2.05) is 6.07 Å². The Morgan fingerprint density at radius 2 is 1.32 bits per heavy atom. The van der Waals surface area contributed by atoms with Crippen molar-refractivity contribution in [2.75, 3.05) is 0 Å². The second kappa shape index (κ2) is 15.6. The van der Waals surface area contributed by atoms with Crippen molar-refractivity contribution in [3.05, 3.63) is 29.3 Å². The van der Waals surface area contributed by atoms with Gasteiger partial charge in [0, 0.05) is 0 Å². The first-order valence-electron chi connectivity index (χ1n) is 10.5. The van der Waals surface area contributed by atoms with Crippen molar-refractivity contribution in [2.24, 2.45) is 0 Å². The van der Waals surface area contributed by atoms with E-state index in [2.05, 4.69) is 26.0 Å². The molecule has 0 aliphatic heterocycles. The number of hydrogen-bond acceptors (Lipinski definition) is 2. The van der Waals surface area contributed by atoms with Gasteiger partial charge in [-0.3, -0.25) is 0 Å². The summed E-state index contributed by atoms with van der Waals surface area (Å²) in [7, 11) is -0.465. The van der Waals surface area contributed by atoms with Crippen LogP contribution in [0.3, 0.4) is 0 Å². The second-order valence-corrected chi connectivity index (χ2v) is 7.51. The van der Waals surface area contributed by atoms with E-state index in [4.69, 9.17) is 4.52 Å². The van der Waals surface area contributed by atoms with Gasteiger partial charge in [-0.1, -0.05) is 90.2 Å². The van der Waals surface area contributed by atoms with Crippen molar-refractivity contribution in [3.8, 4) is 5.75 Å². The molecule has 0 saturated carbocycles. The SMILES string of the molecule is CCCCCCCCc1cccc(OPO)c1CCCCCCCC. The Balaban J connectivity index is 2.49. The summed E-state index contributed by atoms with van der Waals surface area (Å²) in [5.74, 6) is 0.901. The molecule has 25 heavy (non-hydrogen) atoms. The van der Waals surface area contributed by atoms with Gasteiger partial charge in [-0.25, -0.2) is 0 Å². The number of unbranched alkanes of at least 4 members (excludes halogenated alkanes) is 10. The van der Waals surface area contributed by atoms with Crippen molar-refractivity contribution >= 4 is 9.03 Å². The van der Waals surface area contributed by atoms with E-state index in [1.165, 1.54) is 88.2 Å². The van der Waals surface area contributed by atoms with E-state index in [9.17, 15) is 4.89 Å². The minimum Gasteiger partial charge on any atom is -0.450 e. The highest BCUT2D eigenvalue weighted by Crippen LogP contribution is 2.29. The fraction of sp³-hybridized carbons (Fsp3) is 0.727. The van der Waals surface area contributed by atoms with Crippen LogP contribution in [0.2, 0.25) is 0 Å². The summed E-state index contributed by atoms with van der Waals surface area (Å²) in [4.78, 5) is 9.21. The standard InChI is InChI=1S/C22H39O2P/c1-3-5-7-9-11-13-16-20-17-15-19-22(24-25-23)21(20)18-14-12-10-8-6-4-2/h15,17,19,23,25H,3-14,16,18H2,1-2H3. The van der Waals surface area contributed by atoms with Gasteiger partial charge in [0.05, 0.1) is 0 Å². The Hall–Kier alpha value is -0.590. The van der Waals surface area contributed by atoms with Gasteiger partial charge in [0.1, 0.15) is 5.75 Å². The number of rotatable bonds is 16. The third-order valence-electron chi connectivity index (χ3n) is 4.97. The summed E-state index contributed by atoms with van der Waals surface area (Å²) >= 11 is 0. The molecule has 144 valence electrons. The van der Waals surface area contributed by atoms with Crippen LogP contribution >= 0.6 is 9.03 Å². The molecule has 0 fully saturated rings. The molecule has 1 unspecified atom stereocenters. The van der Waals surface area contributed by atoms with Crippen LogP contribution in [0.1, 0.15) is 102 Å².